The highest BCUT2D eigenvalue weighted by atomic mass is 16.5. The maximum absolute atomic E-state index is 12.4. The van der Waals surface area contributed by atoms with E-state index in [2.05, 4.69) is 20.3 Å². The van der Waals surface area contributed by atoms with Gasteiger partial charge in [0.2, 0.25) is 5.91 Å². The molecule has 5 rings (SSSR count). The number of aromatic nitrogens is 3. The number of ether oxygens (including phenoxy) is 1. The third-order valence-electron chi connectivity index (χ3n) is 6.06. The molecule has 4 heterocycles. The first-order chi connectivity index (χ1) is 14.5. The Balaban J connectivity index is 1.55. The van der Waals surface area contributed by atoms with E-state index in [1.807, 2.05) is 32.0 Å². The summed E-state index contributed by atoms with van der Waals surface area (Å²) in [5.41, 5.74) is 3.48. The summed E-state index contributed by atoms with van der Waals surface area (Å²) in [5, 5.41) is 13.0. The molecule has 2 fully saturated rings. The van der Waals surface area contributed by atoms with Crippen LogP contribution in [0.5, 0.6) is 0 Å². The highest BCUT2D eigenvalue weighted by molar-refractivity contribution is 5.96. The minimum Gasteiger partial charge on any atom is -0.362 e. The molecule has 0 spiro atoms. The second-order valence-corrected chi connectivity index (χ2v) is 8.61. The molecule has 2 aliphatic heterocycles. The van der Waals surface area contributed by atoms with E-state index in [0.29, 0.717) is 5.82 Å². The zero-order chi connectivity index (χ0) is 20.8. The van der Waals surface area contributed by atoms with Crippen LogP contribution in [0, 0.1) is 12.8 Å². The maximum Gasteiger partial charge on any atom is 0.228 e. The van der Waals surface area contributed by atoms with Gasteiger partial charge in [-0.1, -0.05) is 0 Å². The largest absolute Gasteiger partial charge is 0.362 e. The Morgan fingerprint density at radius 2 is 2.03 bits per heavy atom. The number of carbonyl (C=O) groups excluding carboxylic acids is 1. The van der Waals surface area contributed by atoms with Gasteiger partial charge in [-0.3, -0.25) is 14.4 Å². The third-order valence-corrected chi connectivity index (χ3v) is 6.06. The summed E-state index contributed by atoms with van der Waals surface area (Å²) in [6.07, 6.45) is 5.85. The van der Waals surface area contributed by atoms with Gasteiger partial charge in [-0.25, -0.2) is 9.97 Å². The van der Waals surface area contributed by atoms with Crippen molar-refractivity contribution in [2.24, 2.45) is 11.0 Å². The van der Waals surface area contributed by atoms with Crippen LogP contribution in [0.15, 0.2) is 11.2 Å². The lowest BCUT2D eigenvalue weighted by Gasteiger charge is -2.25. The number of anilines is 2. The van der Waals surface area contributed by atoms with Crippen LogP contribution in [0.1, 0.15) is 57.5 Å². The summed E-state index contributed by atoms with van der Waals surface area (Å²) in [5.74, 6) is 1.58. The van der Waals surface area contributed by atoms with Crippen molar-refractivity contribution in [3.8, 4) is 0 Å². The lowest BCUT2D eigenvalue weighted by molar-refractivity contribution is -0.117. The van der Waals surface area contributed by atoms with E-state index in [9.17, 15) is 4.79 Å². The van der Waals surface area contributed by atoms with Gasteiger partial charge in [0.1, 0.15) is 29.6 Å². The molecule has 1 saturated heterocycles. The molecule has 160 valence electrons. The average molecular weight is 412 g/mol. The lowest BCUT2D eigenvalue weighted by atomic mass is 10.2. The number of aryl methyl sites for hydroxylation is 1. The lowest BCUT2D eigenvalue weighted by Crippen LogP contribution is -2.31. The Morgan fingerprint density at radius 1 is 1.20 bits per heavy atom. The predicted molar refractivity (Wildman–Crippen MR) is 115 cm³/mol. The van der Waals surface area contributed by atoms with Gasteiger partial charge in [-0.05, 0) is 46.0 Å². The number of imidazole rings is 1. The minimum absolute atomic E-state index is 0.0407. The van der Waals surface area contributed by atoms with E-state index in [4.69, 9.17) is 14.7 Å². The molecule has 2 atom stereocenters. The molecule has 9 nitrogen and oxygen atoms in total. The number of rotatable bonds is 5. The number of hydrogen-bond acceptors (Lipinski definition) is 7. The van der Waals surface area contributed by atoms with Gasteiger partial charge in [0.25, 0.3) is 0 Å². The highest BCUT2D eigenvalue weighted by Gasteiger charge is 2.31. The van der Waals surface area contributed by atoms with Crippen LogP contribution in [0.25, 0.3) is 11.2 Å². The molecule has 2 N–H and O–H groups in total. The van der Waals surface area contributed by atoms with Gasteiger partial charge in [0.05, 0.1) is 5.69 Å². The summed E-state index contributed by atoms with van der Waals surface area (Å²) in [7, 11) is 1.96. The van der Waals surface area contributed by atoms with Crippen molar-refractivity contribution in [1.82, 2.24) is 19.5 Å². The monoisotopic (exact) mass is 411 g/mol. The third kappa shape index (κ3) is 3.62. The van der Waals surface area contributed by atoms with Crippen molar-refractivity contribution in [3.05, 3.63) is 11.9 Å². The average Bonchev–Trinajstić information content (AvgIpc) is 3.45. The predicted octanol–water partition coefficient (Wildman–Crippen LogP) is 3.24. The summed E-state index contributed by atoms with van der Waals surface area (Å²) in [4.78, 5) is 22.0. The molecule has 0 bridgehead atoms. The molecule has 1 amide bonds. The molecule has 2 aromatic rings. The minimum atomic E-state index is -0.0711. The van der Waals surface area contributed by atoms with Gasteiger partial charge in [-0.2, -0.15) is 5.10 Å². The summed E-state index contributed by atoms with van der Waals surface area (Å²) in [6.45, 7) is 4.76. The molecule has 30 heavy (non-hydrogen) atoms. The van der Waals surface area contributed by atoms with Crippen LogP contribution in [0.4, 0.5) is 11.5 Å². The van der Waals surface area contributed by atoms with E-state index in [0.717, 1.165) is 73.5 Å². The summed E-state index contributed by atoms with van der Waals surface area (Å²) >= 11 is 0. The molecule has 2 unspecified atom stereocenters. The fraction of sp³-hybridized carbons (Fsp3) is 0.619. The number of carbonyl (C=O) groups is 1. The molecule has 2 aromatic heterocycles. The van der Waals surface area contributed by atoms with E-state index in [-0.39, 0.29) is 24.2 Å². The number of nitrogens with one attached hydrogen (secondary N) is 2. The zero-order valence-corrected chi connectivity index (χ0v) is 17.8. The van der Waals surface area contributed by atoms with Crippen molar-refractivity contribution in [2.75, 3.05) is 24.3 Å². The van der Waals surface area contributed by atoms with Crippen molar-refractivity contribution < 1.29 is 9.53 Å². The van der Waals surface area contributed by atoms with Crippen LogP contribution in [-0.4, -0.2) is 51.0 Å². The van der Waals surface area contributed by atoms with E-state index in [1.54, 1.807) is 0 Å². The Bertz CT molecular complexity index is 1000. The summed E-state index contributed by atoms with van der Waals surface area (Å²) < 4.78 is 8.11. The standard InChI is InChI=1S/C21H29N7O2/c1-12-10-17(27(3)26-12)23-15-11-16(25-21(29)14-7-8-14)24-20-19(15)22-13(2)28(20)18-6-4-5-9-30-18/h11,14,17-18H,4-10H2,1-3H3,(H2,23,24,25,29). The maximum atomic E-state index is 12.4. The van der Waals surface area contributed by atoms with Crippen LogP contribution in [-0.2, 0) is 9.53 Å². The van der Waals surface area contributed by atoms with Crippen LogP contribution < -0.4 is 10.6 Å². The number of hydrazone groups is 1. The topological polar surface area (TPSA) is 96.7 Å². The Kier molecular flexibility index (Phi) is 4.85. The smallest absolute Gasteiger partial charge is 0.228 e. The number of nitrogens with zero attached hydrogens (tertiary/aromatic N) is 5. The van der Waals surface area contributed by atoms with Crippen LogP contribution in [0.2, 0.25) is 0 Å². The Morgan fingerprint density at radius 3 is 2.70 bits per heavy atom. The molecule has 3 aliphatic rings. The van der Waals surface area contributed by atoms with Crippen LogP contribution >= 0.6 is 0 Å². The number of pyridine rings is 1. The first kappa shape index (κ1) is 19.3. The first-order valence-corrected chi connectivity index (χ1v) is 10.8. The normalized spacial score (nSPS) is 24.2. The Labute approximate surface area is 175 Å². The molecule has 0 aromatic carbocycles. The first-order valence-electron chi connectivity index (χ1n) is 10.8. The van der Waals surface area contributed by atoms with E-state index < -0.39 is 0 Å². The molecule has 0 radical (unpaired) electrons. The molecular formula is C21H29N7O2. The number of hydrogen-bond donors (Lipinski definition) is 2. The van der Waals surface area contributed by atoms with Gasteiger partial charge in [-0.15, -0.1) is 0 Å². The van der Waals surface area contributed by atoms with Crippen molar-refractivity contribution >= 4 is 34.3 Å². The van der Waals surface area contributed by atoms with Gasteiger partial charge in [0.15, 0.2) is 5.65 Å². The molecule has 9 heteroatoms. The van der Waals surface area contributed by atoms with E-state index in [1.165, 1.54) is 0 Å². The van der Waals surface area contributed by atoms with Crippen LogP contribution in [0.3, 0.4) is 0 Å². The fourth-order valence-electron chi connectivity index (χ4n) is 4.31. The second-order valence-electron chi connectivity index (χ2n) is 8.61. The van der Waals surface area contributed by atoms with Crippen molar-refractivity contribution in [1.29, 1.82) is 0 Å². The van der Waals surface area contributed by atoms with Crippen molar-refractivity contribution in [2.45, 2.75) is 64.8 Å². The number of fused-ring (bicyclic) bond motifs is 1. The van der Waals surface area contributed by atoms with E-state index >= 15 is 0 Å². The van der Waals surface area contributed by atoms with Gasteiger partial charge in [0, 0.05) is 37.8 Å². The Hall–Kier alpha value is -2.68. The van der Waals surface area contributed by atoms with Crippen molar-refractivity contribution in [3.63, 3.8) is 0 Å². The summed E-state index contributed by atoms with van der Waals surface area (Å²) in [6, 6.07) is 1.89. The fourth-order valence-corrected chi connectivity index (χ4v) is 4.31. The number of amides is 1. The second kappa shape index (κ2) is 7.54. The van der Waals surface area contributed by atoms with Gasteiger partial charge < -0.3 is 15.4 Å². The quantitative estimate of drug-likeness (QED) is 0.784. The molecule has 1 aliphatic carbocycles. The highest BCUT2D eigenvalue weighted by Crippen LogP contribution is 2.34. The SMILES string of the molecule is CC1=NN(C)C(Nc2cc(NC(=O)C3CC3)nc3c2nc(C)n3C2CCCCO2)C1. The molecular weight excluding hydrogens is 382 g/mol. The molecule has 1 saturated carbocycles. The zero-order valence-electron chi connectivity index (χ0n) is 17.8. The van der Waals surface area contributed by atoms with Gasteiger partial charge >= 0.3 is 0 Å².